The summed E-state index contributed by atoms with van der Waals surface area (Å²) in [6.07, 6.45) is -1.16. The van der Waals surface area contributed by atoms with Gasteiger partial charge in [-0.15, -0.1) is 0 Å². The van der Waals surface area contributed by atoms with Crippen LogP contribution in [0.1, 0.15) is 24.4 Å². The Bertz CT molecular complexity index is 1530. The van der Waals surface area contributed by atoms with Crippen LogP contribution in [0.5, 0.6) is 0 Å². The van der Waals surface area contributed by atoms with Gasteiger partial charge in [0.25, 0.3) is 0 Å². The highest BCUT2D eigenvalue weighted by molar-refractivity contribution is 5.96. The summed E-state index contributed by atoms with van der Waals surface area (Å²) in [6.45, 7) is 1.60. The van der Waals surface area contributed by atoms with Crippen molar-refractivity contribution < 1.29 is 13.2 Å². The molecule has 176 valence electrons. The second-order valence-corrected chi connectivity index (χ2v) is 8.92. The summed E-state index contributed by atoms with van der Waals surface area (Å²) in [6, 6.07) is 21.9. The molecule has 1 aliphatic rings. The van der Waals surface area contributed by atoms with E-state index in [0.29, 0.717) is 17.0 Å². The molecule has 1 saturated heterocycles. The van der Waals surface area contributed by atoms with Crippen molar-refractivity contribution in [2.45, 2.75) is 25.1 Å². The molecule has 3 aromatic carbocycles. The molecule has 0 radical (unpaired) electrons. The molecule has 2 aromatic heterocycles. The van der Waals surface area contributed by atoms with Crippen molar-refractivity contribution in [1.82, 2.24) is 19.9 Å². The molecule has 0 bridgehead atoms. The summed E-state index contributed by atoms with van der Waals surface area (Å²) >= 11 is 0. The van der Waals surface area contributed by atoms with Gasteiger partial charge in [0, 0.05) is 23.4 Å². The summed E-state index contributed by atoms with van der Waals surface area (Å²) < 4.78 is 43.9. The Kier molecular flexibility index (Phi) is 5.29. The molecular formula is C28H23F3N4. The van der Waals surface area contributed by atoms with Gasteiger partial charge in [-0.2, -0.15) is 13.2 Å². The molecule has 0 spiro atoms. The highest BCUT2D eigenvalue weighted by atomic mass is 19.4. The Morgan fingerprint density at radius 1 is 0.829 bits per heavy atom. The summed E-state index contributed by atoms with van der Waals surface area (Å²) in [5.41, 5.74) is 2.46. The Morgan fingerprint density at radius 2 is 1.57 bits per heavy atom. The Labute approximate surface area is 200 Å². The number of hydrogen-bond acceptors (Lipinski definition) is 3. The van der Waals surface area contributed by atoms with Crippen molar-refractivity contribution in [3.63, 3.8) is 0 Å². The summed E-state index contributed by atoms with van der Waals surface area (Å²) in [7, 11) is 0. The molecule has 0 atom stereocenters. The van der Waals surface area contributed by atoms with Gasteiger partial charge in [-0.1, -0.05) is 54.6 Å². The fourth-order valence-corrected chi connectivity index (χ4v) is 5.11. The lowest BCUT2D eigenvalue weighted by Crippen LogP contribution is -2.30. The Balaban J connectivity index is 1.62. The number of alkyl halides is 3. The zero-order valence-corrected chi connectivity index (χ0v) is 18.9. The Hall–Kier alpha value is -3.71. The molecule has 1 N–H and O–H groups in total. The van der Waals surface area contributed by atoms with E-state index in [0.717, 1.165) is 53.9 Å². The first-order valence-electron chi connectivity index (χ1n) is 11.7. The minimum absolute atomic E-state index is 0.0110. The maximum Gasteiger partial charge on any atom is 0.417 e. The van der Waals surface area contributed by atoms with Crippen LogP contribution in [-0.4, -0.2) is 27.6 Å². The number of fused-ring (bicyclic) bond motifs is 2. The Morgan fingerprint density at radius 3 is 2.37 bits per heavy atom. The molecular weight excluding hydrogens is 449 g/mol. The molecule has 7 heteroatoms. The molecule has 0 amide bonds. The van der Waals surface area contributed by atoms with Gasteiger partial charge in [-0.05, 0) is 60.5 Å². The number of halogens is 3. The fourth-order valence-electron chi connectivity index (χ4n) is 5.11. The van der Waals surface area contributed by atoms with Gasteiger partial charge in [0.1, 0.15) is 11.3 Å². The van der Waals surface area contributed by atoms with Crippen LogP contribution in [-0.2, 0) is 6.18 Å². The minimum Gasteiger partial charge on any atom is -0.317 e. The third kappa shape index (κ3) is 3.86. The summed E-state index contributed by atoms with van der Waals surface area (Å²) in [4.78, 5) is 9.51. The van der Waals surface area contributed by atoms with Crippen LogP contribution in [0.3, 0.4) is 0 Å². The summed E-state index contributed by atoms with van der Waals surface area (Å²) in [5, 5.41) is 5.56. The van der Waals surface area contributed by atoms with Gasteiger partial charge in [0.05, 0.1) is 5.56 Å². The van der Waals surface area contributed by atoms with Gasteiger partial charge in [0.15, 0.2) is 5.65 Å². The van der Waals surface area contributed by atoms with E-state index in [2.05, 4.69) is 34.6 Å². The standard InChI is InChI=1S/C28H23F3N4/c29-28(30,31)24-8-4-3-7-23(24)26-34-25-22(20-10-9-18-5-1-2-6-19(18)17-20)13-16-33-27(25)35(26)21-11-14-32-15-12-21/h1-10,13,16-17,21,32H,11-12,14-15H2. The van der Waals surface area contributed by atoms with E-state index >= 15 is 0 Å². The second-order valence-electron chi connectivity index (χ2n) is 8.92. The normalized spacial score (nSPS) is 15.2. The molecule has 0 aliphatic carbocycles. The second kappa shape index (κ2) is 8.50. The highest BCUT2D eigenvalue weighted by Gasteiger charge is 2.35. The molecule has 1 fully saturated rings. The van der Waals surface area contributed by atoms with Crippen molar-refractivity contribution in [3.05, 3.63) is 84.6 Å². The van der Waals surface area contributed by atoms with Crippen molar-refractivity contribution in [3.8, 4) is 22.5 Å². The number of imidazole rings is 1. The predicted octanol–water partition coefficient (Wildman–Crippen LogP) is 6.86. The van der Waals surface area contributed by atoms with Gasteiger partial charge >= 0.3 is 6.18 Å². The zero-order chi connectivity index (χ0) is 24.0. The SMILES string of the molecule is FC(F)(F)c1ccccc1-c1nc2c(-c3ccc4ccccc4c3)ccnc2n1C1CCNCC1. The minimum atomic E-state index is -4.48. The molecule has 0 saturated carbocycles. The first kappa shape index (κ1) is 21.8. The number of rotatable bonds is 3. The van der Waals surface area contributed by atoms with E-state index in [1.54, 1.807) is 12.3 Å². The van der Waals surface area contributed by atoms with E-state index in [4.69, 9.17) is 4.98 Å². The van der Waals surface area contributed by atoms with Gasteiger partial charge in [-0.3, -0.25) is 0 Å². The topological polar surface area (TPSA) is 42.7 Å². The van der Waals surface area contributed by atoms with Gasteiger partial charge in [0.2, 0.25) is 0 Å². The predicted molar refractivity (Wildman–Crippen MR) is 132 cm³/mol. The lowest BCUT2D eigenvalue weighted by Gasteiger charge is -2.26. The van der Waals surface area contributed by atoms with Crippen molar-refractivity contribution in [1.29, 1.82) is 0 Å². The van der Waals surface area contributed by atoms with Crippen molar-refractivity contribution >= 4 is 21.9 Å². The van der Waals surface area contributed by atoms with E-state index < -0.39 is 11.7 Å². The summed E-state index contributed by atoms with van der Waals surface area (Å²) in [5.74, 6) is 0.320. The average molecular weight is 473 g/mol. The average Bonchev–Trinajstić information content (AvgIpc) is 3.28. The van der Waals surface area contributed by atoms with Crippen LogP contribution < -0.4 is 5.32 Å². The van der Waals surface area contributed by atoms with E-state index in [1.165, 1.54) is 12.1 Å². The van der Waals surface area contributed by atoms with Crippen LogP contribution in [0.25, 0.3) is 44.5 Å². The first-order chi connectivity index (χ1) is 17.0. The smallest absolute Gasteiger partial charge is 0.317 e. The first-order valence-corrected chi connectivity index (χ1v) is 11.7. The van der Waals surface area contributed by atoms with E-state index in [9.17, 15) is 13.2 Å². The monoisotopic (exact) mass is 472 g/mol. The lowest BCUT2D eigenvalue weighted by atomic mass is 10.0. The maximum absolute atomic E-state index is 14.0. The molecule has 4 nitrogen and oxygen atoms in total. The third-order valence-corrected chi connectivity index (χ3v) is 6.79. The number of hydrogen-bond donors (Lipinski definition) is 1. The molecule has 3 heterocycles. The number of benzene rings is 3. The molecule has 0 unspecified atom stereocenters. The van der Waals surface area contributed by atoms with E-state index in [1.807, 2.05) is 28.8 Å². The van der Waals surface area contributed by atoms with E-state index in [-0.39, 0.29) is 11.6 Å². The third-order valence-electron chi connectivity index (χ3n) is 6.79. The molecule has 1 aliphatic heterocycles. The quantitative estimate of drug-likeness (QED) is 0.312. The zero-order valence-electron chi connectivity index (χ0n) is 18.9. The highest BCUT2D eigenvalue weighted by Crippen LogP contribution is 2.41. The number of piperidine rings is 1. The number of aromatic nitrogens is 3. The van der Waals surface area contributed by atoms with Crippen LogP contribution in [0.15, 0.2) is 79.0 Å². The van der Waals surface area contributed by atoms with Crippen LogP contribution >= 0.6 is 0 Å². The number of nitrogens with one attached hydrogen (secondary N) is 1. The largest absolute Gasteiger partial charge is 0.417 e. The fraction of sp³-hybridized carbons (Fsp3) is 0.214. The van der Waals surface area contributed by atoms with Crippen LogP contribution in [0.2, 0.25) is 0 Å². The lowest BCUT2D eigenvalue weighted by molar-refractivity contribution is -0.137. The number of nitrogens with zero attached hydrogens (tertiary/aromatic N) is 3. The van der Waals surface area contributed by atoms with Crippen molar-refractivity contribution in [2.75, 3.05) is 13.1 Å². The number of pyridine rings is 1. The van der Waals surface area contributed by atoms with Gasteiger partial charge in [-0.25, -0.2) is 9.97 Å². The maximum atomic E-state index is 14.0. The molecule has 5 aromatic rings. The molecule has 6 rings (SSSR count). The van der Waals surface area contributed by atoms with Crippen molar-refractivity contribution in [2.24, 2.45) is 0 Å². The van der Waals surface area contributed by atoms with Crippen LogP contribution in [0, 0.1) is 0 Å². The van der Waals surface area contributed by atoms with Gasteiger partial charge < -0.3 is 9.88 Å². The molecule has 35 heavy (non-hydrogen) atoms. The van der Waals surface area contributed by atoms with Crippen LogP contribution in [0.4, 0.5) is 13.2 Å².